The zero-order valence-electron chi connectivity index (χ0n) is 35.1. The van der Waals surface area contributed by atoms with Crippen molar-refractivity contribution in [3.05, 3.63) is 84.2 Å². The van der Waals surface area contributed by atoms with Crippen molar-refractivity contribution in [3.63, 3.8) is 0 Å². The molecule has 0 bridgehead atoms. The first kappa shape index (κ1) is 47.5. The summed E-state index contributed by atoms with van der Waals surface area (Å²) in [7, 11) is 0. The number of carbonyl (C=O) groups is 5. The summed E-state index contributed by atoms with van der Waals surface area (Å²) in [5.74, 6) is -2.87. The van der Waals surface area contributed by atoms with Gasteiger partial charge in [-0.05, 0) is 48.8 Å². The molecule has 1 saturated carbocycles. The lowest BCUT2D eigenvalue weighted by atomic mass is 9.83. The Morgan fingerprint density at radius 1 is 0.817 bits per heavy atom. The molecule has 3 aromatic rings. The minimum Gasteiger partial charge on any atom is -0.394 e. The molecule has 5 amide bonds. The molecule has 2 aromatic heterocycles. The van der Waals surface area contributed by atoms with Crippen LogP contribution in [0.2, 0.25) is 0 Å². The summed E-state index contributed by atoms with van der Waals surface area (Å²) < 4.78 is 0. The first-order valence-corrected chi connectivity index (χ1v) is 21.1. The molecule has 0 unspecified atom stereocenters. The summed E-state index contributed by atoms with van der Waals surface area (Å²) in [5.41, 5.74) is 0.933. The number of hydrogen-bond acceptors (Lipinski definition) is 10. The summed E-state index contributed by atoms with van der Waals surface area (Å²) in [6.07, 6.45) is 11.1. The zero-order chi connectivity index (χ0) is 43.5. The molecular formula is C44H64N8O8. The molecule has 4 rings (SSSR count). The fraction of sp³-hybridized carbons (Fsp3) is 0.568. The van der Waals surface area contributed by atoms with Gasteiger partial charge in [0.05, 0.1) is 43.6 Å². The lowest BCUT2D eigenvalue weighted by Crippen LogP contribution is -2.59. The van der Waals surface area contributed by atoms with Crippen molar-refractivity contribution in [3.8, 4) is 0 Å². The Morgan fingerprint density at radius 2 is 1.50 bits per heavy atom. The van der Waals surface area contributed by atoms with E-state index in [1.807, 2.05) is 43.3 Å². The maximum atomic E-state index is 14.3. The van der Waals surface area contributed by atoms with E-state index in [1.165, 1.54) is 13.3 Å². The van der Waals surface area contributed by atoms with E-state index in [4.69, 9.17) is 0 Å². The van der Waals surface area contributed by atoms with E-state index in [1.54, 1.807) is 31.6 Å². The van der Waals surface area contributed by atoms with Crippen molar-refractivity contribution in [1.29, 1.82) is 0 Å². The smallest absolute Gasteiger partial charge is 0.243 e. The molecule has 1 fully saturated rings. The molecule has 9 N–H and O–H groups in total. The van der Waals surface area contributed by atoms with Crippen LogP contribution < -0.4 is 26.6 Å². The molecule has 16 heteroatoms. The van der Waals surface area contributed by atoms with Crippen LogP contribution in [-0.4, -0.2) is 109 Å². The number of aryl methyl sites for hydroxylation is 1. The standard InChI is InChI=1S/C44H64N8O8/c1-4-29(2)40(43(60)52-44(3,26-53)27-54)51-39(57)23-37(55)34(20-30-12-7-5-8-13-30)49-42(59)36(22-33-25-46-28-47-33)50-41(58)35(21-31-14-9-6-10-15-31)48-38(56)18-17-32-16-11-19-45-24-32/h6,9-11,14-16,19,24-25,28-30,34-37,40,53-55H,4-5,7-8,12-13,17-18,20-23,26-27H2,1-3H3,(H,46,47)(H,48,56)(H,49,59)(H,50,58)(H,51,57)(H,52,60)/t29-,34-,35+,36-,37-,40+/m1/s1. The molecule has 0 radical (unpaired) electrons. The maximum Gasteiger partial charge on any atom is 0.243 e. The number of imidazole rings is 1. The first-order valence-electron chi connectivity index (χ1n) is 21.1. The molecule has 0 aliphatic heterocycles. The largest absolute Gasteiger partial charge is 0.394 e. The van der Waals surface area contributed by atoms with Gasteiger partial charge in [0.15, 0.2) is 0 Å². The summed E-state index contributed by atoms with van der Waals surface area (Å²) in [6.45, 7) is 4.09. The number of hydrogen-bond donors (Lipinski definition) is 9. The summed E-state index contributed by atoms with van der Waals surface area (Å²) in [4.78, 5) is 79.7. The van der Waals surface area contributed by atoms with Crippen LogP contribution in [0.4, 0.5) is 0 Å². The highest BCUT2D eigenvalue weighted by molar-refractivity contribution is 5.93. The van der Waals surface area contributed by atoms with Crippen LogP contribution >= 0.6 is 0 Å². The number of nitrogens with zero attached hydrogens (tertiary/aromatic N) is 2. The van der Waals surface area contributed by atoms with Crippen molar-refractivity contribution >= 4 is 29.5 Å². The van der Waals surface area contributed by atoms with E-state index in [2.05, 4.69) is 41.5 Å². The van der Waals surface area contributed by atoms with Crippen molar-refractivity contribution in [2.24, 2.45) is 11.8 Å². The molecule has 16 nitrogen and oxygen atoms in total. The number of nitrogens with one attached hydrogen (secondary N) is 6. The van der Waals surface area contributed by atoms with Crippen LogP contribution in [0.15, 0.2) is 67.4 Å². The van der Waals surface area contributed by atoms with Crippen LogP contribution in [0.3, 0.4) is 0 Å². The topological polar surface area (TPSA) is 248 Å². The second-order valence-corrected chi connectivity index (χ2v) is 16.4. The van der Waals surface area contributed by atoms with E-state index in [-0.39, 0.29) is 37.0 Å². The number of H-pyrrole nitrogens is 1. The van der Waals surface area contributed by atoms with E-state index in [0.717, 1.165) is 43.2 Å². The lowest BCUT2D eigenvalue weighted by molar-refractivity contribution is -0.134. The number of amides is 5. The number of aromatic amines is 1. The van der Waals surface area contributed by atoms with E-state index < -0.39 is 79.1 Å². The highest BCUT2D eigenvalue weighted by atomic mass is 16.3. The average molecular weight is 833 g/mol. The summed E-state index contributed by atoms with van der Waals surface area (Å²) >= 11 is 0. The van der Waals surface area contributed by atoms with E-state index in [9.17, 15) is 39.3 Å². The van der Waals surface area contributed by atoms with Crippen LogP contribution in [0.25, 0.3) is 0 Å². The number of carbonyl (C=O) groups excluding carboxylic acids is 5. The number of benzene rings is 1. The van der Waals surface area contributed by atoms with E-state index in [0.29, 0.717) is 25.0 Å². The van der Waals surface area contributed by atoms with Gasteiger partial charge in [-0.25, -0.2) is 4.98 Å². The van der Waals surface area contributed by atoms with Crippen LogP contribution in [-0.2, 0) is 43.2 Å². The van der Waals surface area contributed by atoms with Gasteiger partial charge in [0.25, 0.3) is 0 Å². The number of aromatic nitrogens is 3. The van der Waals surface area contributed by atoms with Crippen molar-refractivity contribution < 1.29 is 39.3 Å². The maximum absolute atomic E-state index is 14.3. The fourth-order valence-electron chi connectivity index (χ4n) is 7.38. The number of aliphatic hydroxyl groups is 3. The van der Waals surface area contributed by atoms with Gasteiger partial charge in [-0.2, -0.15) is 0 Å². The average Bonchev–Trinajstić information content (AvgIpc) is 3.78. The Hall–Kier alpha value is -5.19. The minimum absolute atomic E-state index is 0.0175. The van der Waals surface area contributed by atoms with Gasteiger partial charge in [0.1, 0.15) is 18.1 Å². The first-order chi connectivity index (χ1) is 28.8. The van der Waals surface area contributed by atoms with Crippen molar-refractivity contribution in [2.75, 3.05) is 13.2 Å². The Labute approximate surface area is 352 Å². The quantitative estimate of drug-likeness (QED) is 0.0634. The number of rotatable bonds is 24. The van der Waals surface area contributed by atoms with Gasteiger partial charge in [0.2, 0.25) is 29.5 Å². The molecule has 1 aromatic carbocycles. The molecule has 6 atom stereocenters. The van der Waals surface area contributed by atoms with Gasteiger partial charge in [-0.15, -0.1) is 0 Å². The molecule has 0 spiro atoms. The molecule has 1 aliphatic rings. The monoisotopic (exact) mass is 832 g/mol. The van der Waals surface area contributed by atoms with Gasteiger partial charge in [0, 0.05) is 43.5 Å². The molecule has 0 saturated heterocycles. The molecule has 2 heterocycles. The van der Waals surface area contributed by atoms with Gasteiger partial charge in [-0.1, -0.05) is 88.8 Å². The predicted molar refractivity (Wildman–Crippen MR) is 225 cm³/mol. The molecule has 328 valence electrons. The Kier molecular flexibility index (Phi) is 19.1. The predicted octanol–water partition coefficient (Wildman–Crippen LogP) is 1.79. The van der Waals surface area contributed by atoms with Crippen LogP contribution in [0.5, 0.6) is 0 Å². The third kappa shape index (κ3) is 15.4. The highest BCUT2D eigenvalue weighted by Crippen LogP contribution is 2.28. The molecule has 1 aliphatic carbocycles. The Morgan fingerprint density at radius 3 is 2.13 bits per heavy atom. The Bertz CT molecular complexity index is 1770. The second-order valence-electron chi connectivity index (χ2n) is 16.4. The SMILES string of the molecule is CC[C@@H](C)[C@H](NC(=O)C[C@@H](O)[C@@H](CC1CCCCC1)NC(=O)[C@@H](Cc1cnc[nH]1)NC(=O)[C@H](Cc1ccccc1)NC(=O)CCc1cccnc1)C(=O)NC(C)(CO)CO. The normalized spacial score (nSPS) is 16.3. The zero-order valence-corrected chi connectivity index (χ0v) is 35.1. The van der Waals surface area contributed by atoms with E-state index >= 15 is 0 Å². The number of aliphatic hydroxyl groups excluding tert-OH is 3. The van der Waals surface area contributed by atoms with Crippen molar-refractivity contribution in [1.82, 2.24) is 41.5 Å². The van der Waals surface area contributed by atoms with Crippen LogP contribution in [0.1, 0.15) is 95.4 Å². The third-order valence-corrected chi connectivity index (χ3v) is 11.3. The van der Waals surface area contributed by atoms with Gasteiger partial charge >= 0.3 is 0 Å². The summed E-state index contributed by atoms with van der Waals surface area (Å²) in [5, 5.41) is 45.2. The minimum atomic E-state index is -1.36. The lowest BCUT2D eigenvalue weighted by Gasteiger charge is -2.33. The number of pyridine rings is 1. The molecular weight excluding hydrogens is 769 g/mol. The van der Waals surface area contributed by atoms with Gasteiger partial charge < -0.3 is 46.9 Å². The highest BCUT2D eigenvalue weighted by Gasteiger charge is 2.35. The van der Waals surface area contributed by atoms with Gasteiger partial charge in [-0.3, -0.25) is 29.0 Å². The van der Waals surface area contributed by atoms with Crippen molar-refractivity contribution in [2.45, 2.75) is 134 Å². The molecule has 60 heavy (non-hydrogen) atoms. The fourth-order valence-corrected chi connectivity index (χ4v) is 7.38. The third-order valence-electron chi connectivity index (χ3n) is 11.3. The van der Waals surface area contributed by atoms with Crippen LogP contribution in [0, 0.1) is 11.8 Å². The second kappa shape index (κ2) is 24.2. The summed E-state index contributed by atoms with van der Waals surface area (Å²) in [6, 6.07) is 8.79. The Balaban J connectivity index is 1.53.